The molecule has 2 rings (SSSR count). The van der Waals surface area contributed by atoms with E-state index in [0.717, 1.165) is 43.3 Å². The van der Waals surface area contributed by atoms with Gasteiger partial charge in [-0.1, -0.05) is 17.7 Å². The van der Waals surface area contributed by atoms with E-state index < -0.39 is 0 Å². The van der Waals surface area contributed by atoms with E-state index in [1.54, 1.807) is 6.33 Å². The predicted octanol–water partition coefficient (Wildman–Crippen LogP) is 3.36. The van der Waals surface area contributed by atoms with Gasteiger partial charge < -0.3 is 10.1 Å². The summed E-state index contributed by atoms with van der Waals surface area (Å²) in [7, 11) is 0. The van der Waals surface area contributed by atoms with Crippen LogP contribution in [0.5, 0.6) is 5.75 Å². The van der Waals surface area contributed by atoms with E-state index in [1.165, 1.54) is 5.56 Å². The lowest BCUT2D eigenvalue weighted by molar-refractivity contribution is 0.308. The summed E-state index contributed by atoms with van der Waals surface area (Å²) in [6, 6.07) is 10.1. The van der Waals surface area contributed by atoms with Crippen LogP contribution >= 0.6 is 0 Å². The van der Waals surface area contributed by atoms with E-state index >= 15 is 0 Å². The molecule has 0 radical (unpaired) electrons. The zero-order chi connectivity index (χ0) is 14.2. The summed E-state index contributed by atoms with van der Waals surface area (Å²) in [4.78, 5) is 8.23. The van der Waals surface area contributed by atoms with E-state index in [0.29, 0.717) is 0 Å². The van der Waals surface area contributed by atoms with Crippen LogP contribution in [0.4, 0.5) is 5.82 Å². The van der Waals surface area contributed by atoms with Crippen molar-refractivity contribution in [1.82, 2.24) is 9.97 Å². The molecule has 4 heteroatoms. The molecule has 0 saturated heterocycles. The number of aryl methyl sites for hydroxylation is 2. The molecule has 1 aromatic heterocycles. The van der Waals surface area contributed by atoms with Crippen molar-refractivity contribution in [3.8, 4) is 5.75 Å². The van der Waals surface area contributed by atoms with Gasteiger partial charge in [-0.05, 0) is 38.8 Å². The summed E-state index contributed by atoms with van der Waals surface area (Å²) in [5, 5.41) is 3.28. The van der Waals surface area contributed by atoms with Gasteiger partial charge in [0.2, 0.25) is 0 Å². The van der Waals surface area contributed by atoms with Crippen molar-refractivity contribution < 1.29 is 4.74 Å². The lowest BCUT2D eigenvalue weighted by atomic mass is 10.2. The fraction of sp³-hybridized carbons (Fsp3) is 0.375. The summed E-state index contributed by atoms with van der Waals surface area (Å²) < 4.78 is 5.68. The molecule has 1 N–H and O–H groups in total. The van der Waals surface area contributed by atoms with Gasteiger partial charge >= 0.3 is 0 Å². The number of unbranched alkanes of at least 4 members (excludes halogenated alkanes) is 1. The molecule has 0 aliphatic heterocycles. The second-order valence-corrected chi connectivity index (χ2v) is 4.84. The predicted molar refractivity (Wildman–Crippen MR) is 81.2 cm³/mol. The highest BCUT2D eigenvalue weighted by Crippen LogP contribution is 2.11. The molecule has 0 saturated carbocycles. The molecule has 0 fully saturated rings. The molecule has 20 heavy (non-hydrogen) atoms. The van der Waals surface area contributed by atoms with Gasteiger partial charge in [-0.3, -0.25) is 0 Å². The summed E-state index contributed by atoms with van der Waals surface area (Å²) in [6.45, 7) is 5.67. The van der Waals surface area contributed by atoms with Crippen LogP contribution in [0.3, 0.4) is 0 Å². The second-order valence-electron chi connectivity index (χ2n) is 4.84. The maximum absolute atomic E-state index is 5.68. The smallest absolute Gasteiger partial charge is 0.129 e. The van der Waals surface area contributed by atoms with Crippen LogP contribution in [-0.4, -0.2) is 23.1 Å². The zero-order valence-corrected chi connectivity index (χ0v) is 12.1. The van der Waals surface area contributed by atoms with Crippen LogP contribution in [0.2, 0.25) is 0 Å². The molecule has 1 aromatic carbocycles. The molecule has 0 aliphatic rings. The summed E-state index contributed by atoms with van der Waals surface area (Å²) >= 11 is 0. The van der Waals surface area contributed by atoms with Gasteiger partial charge in [0.1, 0.15) is 17.9 Å². The molecule has 0 amide bonds. The van der Waals surface area contributed by atoms with E-state index in [2.05, 4.69) is 34.3 Å². The maximum atomic E-state index is 5.68. The molecule has 0 spiro atoms. The fourth-order valence-electron chi connectivity index (χ4n) is 1.82. The third kappa shape index (κ3) is 4.88. The number of aromatic nitrogens is 2. The maximum Gasteiger partial charge on any atom is 0.129 e. The molecular formula is C16H21N3O. The molecule has 0 unspecified atom stereocenters. The Morgan fingerprint density at radius 3 is 2.60 bits per heavy atom. The van der Waals surface area contributed by atoms with Crippen LogP contribution in [-0.2, 0) is 0 Å². The number of hydrogen-bond acceptors (Lipinski definition) is 4. The van der Waals surface area contributed by atoms with Gasteiger partial charge in [-0.25, -0.2) is 9.97 Å². The first kappa shape index (κ1) is 14.3. The molecule has 0 bridgehead atoms. The molecule has 106 valence electrons. The molecule has 0 atom stereocenters. The monoisotopic (exact) mass is 271 g/mol. The van der Waals surface area contributed by atoms with Gasteiger partial charge in [0.25, 0.3) is 0 Å². The van der Waals surface area contributed by atoms with Crippen molar-refractivity contribution in [3.05, 3.63) is 47.9 Å². The van der Waals surface area contributed by atoms with Crippen LogP contribution < -0.4 is 10.1 Å². The van der Waals surface area contributed by atoms with Crippen LogP contribution in [0, 0.1) is 13.8 Å². The van der Waals surface area contributed by atoms with E-state index in [9.17, 15) is 0 Å². The number of nitrogens with one attached hydrogen (secondary N) is 1. The lowest BCUT2D eigenvalue weighted by Gasteiger charge is -2.07. The normalized spacial score (nSPS) is 10.3. The molecular weight excluding hydrogens is 250 g/mol. The van der Waals surface area contributed by atoms with Crippen molar-refractivity contribution >= 4 is 5.82 Å². The van der Waals surface area contributed by atoms with E-state index in [1.807, 2.05) is 25.1 Å². The molecule has 2 aromatic rings. The van der Waals surface area contributed by atoms with Gasteiger partial charge in [-0.15, -0.1) is 0 Å². The van der Waals surface area contributed by atoms with Gasteiger partial charge in [0.05, 0.1) is 6.61 Å². The highest BCUT2D eigenvalue weighted by molar-refractivity contribution is 5.34. The second kappa shape index (κ2) is 7.48. The minimum absolute atomic E-state index is 0.744. The van der Waals surface area contributed by atoms with Gasteiger partial charge in [-0.2, -0.15) is 0 Å². The topological polar surface area (TPSA) is 47.0 Å². The quantitative estimate of drug-likeness (QED) is 0.784. The number of rotatable bonds is 7. The Kier molecular flexibility index (Phi) is 5.35. The van der Waals surface area contributed by atoms with Crippen molar-refractivity contribution in [2.75, 3.05) is 18.5 Å². The van der Waals surface area contributed by atoms with Crippen LogP contribution in [0.15, 0.2) is 36.7 Å². The van der Waals surface area contributed by atoms with Crippen molar-refractivity contribution in [2.45, 2.75) is 26.7 Å². The summed E-state index contributed by atoms with van der Waals surface area (Å²) in [5.41, 5.74) is 2.23. The van der Waals surface area contributed by atoms with Crippen molar-refractivity contribution in [2.24, 2.45) is 0 Å². The summed E-state index contributed by atoms with van der Waals surface area (Å²) in [6.07, 6.45) is 3.65. The number of benzene rings is 1. The SMILES string of the molecule is Cc1ccc(OCCCCNc2cc(C)ncn2)cc1. The van der Waals surface area contributed by atoms with Crippen LogP contribution in [0.1, 0.15) is 24.1 Å². The summed E-state index contributed by atoms with van der Waals surface area (Å²) in [5.74, 6) is 1.83. The average molecular weight is 271 g/mol. The Morgan fingerprint density at radius 1 is 1.05 bits per heavy atom. The Balaban J connectivity index is 1.59. The lowest BCUT2D eigenvalue weighted by Crippen LogP contribution is -2.06. The van der Waals surface area contributed by atoms with Crippen molar-refractivity contribution in [3.63, 3.8) is 0 Å². The Morgan fingerprint density at radius 2 is 1.85 bits per heavy atom. The van der Waals surface area contributed by atoms with Gasteiger partial charge in [0.15, 0.2) is 0 Å². The van der Waals surface area contributed by atoms with Gasteiger partial charge in [0, 0.05) is 18.3 Å². The standard InChI is InChI=1S/C16H21N3O/c1-13-5-7-15(8-6-13)20-10-4-3-9-17-16-11-14(2)18-12-19-16/h5-8,11-12H,3-4,9-10H2,1-2H3,(H,17,18,19). The van der Waals surface area contributed by atoms with E-state index in [-0.39, 0.29) is 0 Å². The number of anilines is 1. The third-order valence-corrected chi connectivity index (χ3v) is 2.97. The highest BCUT2D eigenvalue weighted by Gasteiger charge is 1.96. The Hall–Kier alpha value is -2.10. The molecule has 0 aliphatic carbocycles. The van der Waals surface area contributed by atoms with Crippen LogP contribution in [0.25, 0.3) is 0 Å². The van der Waals surface area contributed by atoms with Crippen molar-refractivity contribution in [1.29, 1.82) is 0 Å². The molecule has 4 nitrogen and oxygen atoms in total. The minimum Gasteiger partial charge on any atom is -0.494 e. The minimum atomic E-state index is 0.744. The zero-order valence-electron chi connectivity index (χ0n) is 12.1. The first-order chi connectivity index (χ1) is 9.74. The first-order valence-electron chi connectivity index (χ1n) is 6.96. The van der Waals surface area contributed by atoms with E-state index in [4.69, 9.17) is 4.74 Å². The average Bonchev–Trinajstić information content (AvgIpc) is 2.45. The third-order valence-electron chi connectivity index (χ3n) is 2.97. The molecule has 1 heterocycles. The largest absolute Gasteiger partial charge is 0.494 e. The number of hydrogen-bond donors (Lipinski definition) is 1. The highest BCUT2D eigenvalue weighted by atomic mass is 16.5. The Bertz CT molecular complexity index is 526. The number of ether oxygens (including phenoxy) is 1. The fourth-order valence-corrected chi connectivity index (χ4v) is 1.82. The number of nitrogens with zero attached hydrogens (tertiary/aromatic N) is 2. The Labute approximate surface area is 120 Å². The first-order valence-corrected chi connectivity index (χ1v) is 6.96.